The number of thiophene rings is 1. The zero-order chi connectivity index (χ0) is 17.3. The Bertz CT molecular complexity index is 746. The molecule has 1 aromatic heterocycles. The lowest BCUT2D eigenvalue weighted by atomic mass is 10.0. The molecule has 2 aromatic rings. The number of aryl methyl sites for hydroxylation is 1. The summed E-state index contributed by atoms with van der Waals surface area (Å²) < 4.78 is 19.3. The van der Waals surface area contributed by atoms with Gasteiger partial charge in [0.15, 0.2) is 0 Å². The first kappa shape index (κ1) is 16.9. The number of hydrogen-bond donors (Lipinski definition) is 1. The van der Waals surface area contributed by atoms with E-state index in [1.807, 2.05) is 24.0 Å². The summed E-state index contributed by atoms with van der Waals surface area (Å²) in [6.45, 7) is 2.67. The zero-order valence-corrected chi connectivity index (χ0v) is 14.5. The van der Waals surface area contributed by atoms with E-state index in [9.17, 15) is 14.3 Å². The van der Waals surface area contributed by atoms with E-state index in [0.717, 1.165) is 16.2 Å². The van der Waals surface area contributed by atoms with Gasteiger partial charge in [-0.3, -0.25) is 9.69 Å². The quantitative estimate of drug-likeness (QED) is 0.891. The van der Waals surface area contributed by atoms with Gasteiger partial charge in [0, 0.05) is 21.9 Å². The normalized spacial score (nSPS) is 19.4. The molecule has 0 saturated carbocycles. The maximum absolute atomic E-state index is 13.9. The van der Waals surface area contributed by atoms with Crippen LogP contribution in [0.2, 0.25) is 0 Å². The molecule has 1 N–H and O–H groups in total. The average Bonchev–Trinajstić information content (AvgIpc) is 3.18. The number of nitrogens with zero attached hydrogens (tertiary/aromatic N) is 1. The standard InChI is InChI=1S/C18H20FNO3S/c1-11-5-8-16(24-11)17(20-9-3-4-14(20)18(21)22)13-10-12(19)6-7-15(13)23-2/h5-8,10,14,17H,3-4,9H2,1-2H3,(H,21,22). The Kier molecular flexibility index (Phi) is 4.87. The molecule has 2 atom stereocenters. The summed E-state index contributed by atoms with van der Waals surface area (Å²) in [6.07, 6.45) is 1.42. The molecule has 0 amide bonds. The summed E-state index contributed by atoms with van der Waals surface area (Å²) >= 11 is 1.60. The van der Waals surface area contributed by atoms with E-state index < -0.39 is 12.0 Å². The van der Waals surface area contributed by atoms with Gasteiger partial charge in [0.25, 0.3) is 0 Å². The van der Waals surface area contributed by atoms with E-state index in [2.05, 4.69) is 0 Å². The molecule has 1 fully saturated rings. The molecule has 2 heterocycles. The molecule has 0 radical (unpaired) electrons. The van der Waals surface area contributed by atoms with Crippen LogP contribution in [0.5, 0.6) is 5.75 Å². The smallest absolute Gasteiger partial charge is 0.320 e. The summed E-state index contributed by atoms with van der Waals surface area (Å²) in [7, 11) is 1.55. The fourth-order valence-corrected chi connectivity index (χ4v) is 4.40. The molecule has 1 saturated heterocycles. The molecule has 0 spiro atoms. The van der Waals surface area contributed by atoms with Crippen LogP contribution in [0.25, 0.3) is 0 Å². The number of rotatable bonds is 5. The molecule has 1 aromatic carbocycles. The van der Waals surface area contributed by atoms with E-state index in [1.165, 1.54) is 12.1 Å². The van der Waals surface area contributed by atoms with Crippen molar-refractivity contribution in [3.8, 4) is 5.75 Å². The molecule has 128 valence electrons. The van der Waals surface area contributed by atoms with Crippen LogP contribution in [0.4, 0.5) is 4.39 Å². The Morgan fingerprint density at radius 1 is 1.42 bits per heavy atom. The van der Waals surface area contributed by atoms with Crippen molar-refractivity contribution in [2.24, 2.45) is 0 Å². The van der Waals surface area contributed by atoms with Crippen LogP contribution in [0, 0.1) is 12.7 Å². The minimum Gasteiger partial charge on any atom is -0.496 e. The molecule has 0 aliphatic carbocycles. The maximum atomic E-state index is 13.9. The number of carbonyl (C=O) groups is 1. The summed E-state index contributed by atoms with van der Waals surface area (Å²) in [4.78, 5) is 15.8. The van der Waals surface area contributed by atoms with Crippen molar-refractivity contribution in [3.05, 3.63) is 51.5 Å². The van der Waals surface area contributed by atoms with Crippen molar-refractivity contribution in [1.82, 2.24) is 4.90 Å². The highest BCUT2D eigenvalue weighted by Gasteiger charge is 2.38. The van der Waals surface area contributed by atoms with Crippen molar-refractivity contribution in [3.63, 3.8) is 0 Å². The lowest BCUT2D eigenvalue weighted by Crippen LogP contribution is -2.39. The Labute approximate surface area is 144 Å². The van der Waals surface area contributed by atoms with Crippen LogP contribution >= 0.6 is 11.3 Å². The van der Waals surface area contributed by atoms with Gasteiger partial charge in [-0.05, 0) is 50.1 Å². The highest BCUT2D eigenvalue weighted by atomic mass is 32.1. The number of benzene rings is 1. The molecule has 24 heavy (non-hydrogen) atoms. The van der Waals surface area contributed by atoms with Crippen LogP contribution in [0.1, 0.15) is 34.2 Å². The monoisotopic (exact) mass is 349 g/mol. The maximum Gasteiger partial charge on any atom is 0.320 e. The number of carboxylic acid groups (broad SMARTS) is 1. The number of aliphatic carboxylic acids is 1. The number of ether oxygens (including phenoxy) is 1. The van der Waals surface area contributed by atoms with E-state index in [0.29, 0.717) is 24.3 Å². The molecular weight excluding hydrogens is 329 g/mol. The third-order valence-corrected chi connectivity index (χ3v) is 5.48. The topological polar surface area (TPSA) is 49.8 Å². The average molecular weight is 349 g/mol. The van der Waals surface area contributed by atoms with Gasteiger partial charge < -0.3 is 9.84 Å². The summed E-state index contributed by atoms with van der Waals surface area (Å²) in [5.41, 5.74) is 0.674. The lowest BCUT2D eigenvalue weighted by molar-refractivity contribution is -0.142. The van der Waals surface area contributed by atoms with Crippen molar-refractivity contribution in [1.29, 1.82) is 0 Å². The lowest BCUT2D eigenvalue weighted by Gasteiger charge is -2.31. The molecular formula is C18H20FNO3S. The first-order valence-corrected chi connectivity index (χ1v) is 8.71. The van der Waals surface area contributed by atoms with Gasteiger partial charge in [-0.2, -0.15) is 0 Å². The second-order valence-electron chi connectivity index (χ2n) is 5.97. The fraction of sp³-hybridized carbons (Fsp3) is 0.389. The highest BCUT2D eigenvalue weighted by molar-refractivity contribution is 7.12. The van der Waals surface area contributed by atoms with Gasteiger partial charge in [0.1, 0.15) is 17.6 Å². The van der Waals surface area contributed by atoms with E-state index in [-0.39, 0.29) is 11.9 Å². The molecule has 6 heteroatoms. The number of carboxylic acids is 1. The third-order valence-electron chi connectivity index (χ3n) is 4.43. The van der Waals surface area contributed by atoms with Gasteiger partial charge >= 0.3 is 5.97 Å². The van der Waals surface area contributed by atoms with Gasteiger partial charge in [0.2, 0.25) is 0 Å². The van der Waals surface area contributed by atoms with E-state index >= 15 is 0 Å². The molecule has 2 unspecified atom stereocenters. The Hall–Kier alpha value is -1.92. The number of likely N-dealkylation sites (tertiary alicyclic amines) is 1. The second kappa shape index (κ2) is 6.91. The third kappa shape index (κ3) is 3.16. The summed E-state index contributed by atoms with van der Waals surface area (Å²) in [5, 5.41) is 9.57. The predicted octanol–water partition coefficient (Wildman–Crippen LogP) is 3.84. The van der Waals surface area contributed by atoms with Crippen molar-refractivity contribution >= 4 is 17.3 Å². The van der Waals surface area contributed by atoms with Crippen LogP contribution < -0.4 is 4.74 Å². The minimum absolute atomic E-state index is 0.321. The van der Waals surface area contributed by atoms with Crippen molar-refractivity contribution in [2.45, 2.75) is 31.8 Å². The Balaban J connectivity index is 2.13. The molecule has 1 aliphatic rings. The van der Waals surface area contributed by atoms with E-state index in [1.54, 1.807) is 24.5 Å². The van der Waals surface area contributed by atoms with Crippen LogP contribution in [-0.4, -0.2) is 35.7 Å². The van der Waals surface area contributed by atoms with Gasteiger partial charge in [-0.25, -0.2) is 4.39 Å². The van der Waals surface area contributed by atoms with E-state index in [4.69, 9.17) is 4.74 Å². The highest BCUT2D eigenvalue weighted by Crippen LogP contribution is 2.41. The van der Waals surface area contributed by atoms with Crippen LogP contribution in [-0.2, 0) is 4.79 Å². The number of halogens is 1. The first-order chi connectivity index (χ1) is 11.5. The van der Waals surface area contributed by atoms with Gasteiger partial charge in [-0.1, -0.05) is 0 Å². The fourth-order valence-electron chi connectivity index (χ4n) is 3.38. The Morgan fingerprint density at radius 3 is 2.83 bits per heavy atom. The summed E-state index contributed by atoms with van der Waals surface area (Å²) in [5.74, 6) is -0.611. The molecule has 3 rings (SSSR count). The SMILES string of the molecule is COc1ccc(F)cc1C(c1ccc(C)s1)N1CCCC1C(=O)O. The van der Waals surface area contributed by atoms with Gasteiger partial charge in [-0.15, -0.1) is 11.3 Å². The van der Waals surface area contributed by atoms with Crippen LogP contribution in [0.15, 0.2) is 30.3 Å². The van der Waals surface area contributed by atoms with Crippen molar-refractivity contribution < 1.29 is 19.0 Å². The Morgan fingerprint density at radius 2 is 2.21 bits per heavy atom. The second-order valence-corrected chi connectivity index (χ2v) is 7.29. The molecule has 1 aliphatic heterocycles. The summed E-state index contributed by atoms with van der Waals surface area (Å²) in [6, 6.07) is 7.53. The zero-order valence-electron chi connectivity index (χ0n) is 13.7. The van der Waals surface area contributed by atoms with Gasteiger partial charge in [0.05, 0.1) is 13.2 Å². The number of methoxy groups -OCH3 is 1. The van der Waals surface area contributed by atoms with Crippen LogP contribution in [0.3, 0.4) is 0 Å². The van der Waals surface area contributed by atoms with Crippen molar-refractivity contribution in [2.75, 3.05) is 13.7 Å². The number of hydrogen-bond acceptors (Lipinski definition) is 4. The largest absolute Gasteiger partial charge is 0.496 e. The predicted molar refractivity (Wildman–Crippen MR) is 91.2 cm³/mol. The minimum atomic E-state index is -0.832. The molecule has 0 bridgehead atoms. The first-order valence-electron chi connectivity index (χ1n) is 7.89. The molecule has 4 nitrogen and oxygen atoms in total.